The van der Waals surface area contributed by atoms with Crippen molar-refractivity contribution >= 4 is 15.9 Å². The minimum atomic E-state index is -2.22. The van der Waals surface area contributed by atoms with E-state index in [9.17, 15) is 8.78 Å². The number of hydrogen-bond donors (Lipinski definition) is 0. The zero-order valence-corrected chi connectivity index (χ0v) is 8.44. The molecular weight excluding hydrogens is 216 g/mol. The first kappa shape index (κ1) is 11.3. The molecule has 0 aliphatic rings. The van der Waals surface area contributed by atoms with Gasteiger partial charge in [-0.2, -0.15) is 0 Å². The molecule has 0 rings (SSSR count). The molecule has 11 heavy (non-hydrogen) atoms. The van der Waals surface area contributed by atoms with Crippen molar-refractivity contribution in [3.05, 3.63) is 0 Å². The number of rotatable bonds is 5. The number of alkyl halides is 3. The summed E-state index contributed by atoms with van der Waals surface area (Å²) in [5.41, 5.74) is 0. The predicted octanol–water partition coefficient (Wildman–Crippen LogP) is 2.36. The van der Waals surface area contributed by atoms with Crippen LogP contribution in [0.15, 0.2) is 0 Å². The molecule has 1 unspecified atom stereocenters. The van der Waals surface area contributed by atoms with Crippen molar-refractivity contribution in [2.75, 3.05) is 20.1 Å². The molecule has 0 aromatic rings. The quantitative estimate of drug-likeness (QED) is 0.655. The van der Waals surface area contributed by atoms with E-state index in [4.69, 9.17) is 0 Å². The summed E-state index contributed by atoms with van der Waals surface area (Å²) < 4.78 is 23.5. The van der Waals surface area contributed by atoms with Gasteiger partial charge in [0.15, 0.2) is 0 Å². The first-order valence-electron chi connectivity index (χ1n) is 3.63. The third-order valence-electron chi connectivity index (χ3n) is 1.36. The summed E-state index contributed by atoms with van der Waals surface area (Å²) >= 11 is 3.35. The fourth-order valence-electron chi connectivity index (χ4n) is 0.725. The van der Waals surface area contributed by atoms with Gasteiger partial charge in [-0.05, 0) is 20.0 Å². The van der Waals surface area contributed by atoms with Crippen LogP contribution in [0.4, 0.5) is 8.78 Å². The molecular formula is C7H14BrF2N. The summed E-state index contributed by atoms with van der Waals surface area (Å²) in [6.07, 6.45) is -1.31. The van der Waals surface area contributed by atoms with Gasteiger partial charge in [-0.1, -0.05) is 22.9 Å². The minimum Gasteiger partial charge on any atom is -0.301 e. The van der Waals surface area contributed by atoms with Crippen LogP contribution in [0.3, 0.4) is 0 Å². The Balaban J connectivity index is 3.29. The first-order valence-corrected chi connectivity index (χ1v) is 4.54. The minimum absolute atomic E-state index is 0.125. The zero-order valence-electron chi connectivity index (χ0n) is 6.86. The van der Waals surface area contributed by atoms with Gasteiger partial charge in [0.25, 0.3) is 6.43 Å². The molecule has 1 nitrogen and oxygen atoms in total. The number of halogens is 3. The Labute approximate surface area is 74.9 Å². The van der Waals surface area contributed by atoms with Crippen molar-refractivity contribution in [2.45, 2.75) is 24.6 Å². The molecule has 68 valence electrons. The van der Waals surface area contributed by atoms with E-state index in [0.717, 1.165) is 13.0 Å². The Bertz CT molecular complexity index is 98.4. The van der Waals surface area contributed by atoms with Crippen LogP contribution < -0.4 is 0 Å². The lowest BCUT2D eigenvalue weighted by Gasteiger charge is -2.16. The van der Waals surface area contributed by atoms with Crippen LogP contribution >= 0.6 is 15.9 Å². The lowest BCUT2D eigenvalue weighted by atomic mass is 10.3. The monoisotopic (exact) mass is 229 g/mol. The maximum absolute atomic E-state index is 11.8. The molecule has 0 saturated heterocycles. The third-order valence-corrected chi connectivity index (χ3v) is 1.82. The standard InChI is InChI=1S/C7H14BrF2N/c1-6(8)3-4-11(2)5-7(9)10/h6-7H,3-5H2,1-2H3. The number of nitrogens with zero attached hydrogens (tertiary/aromatic N) is 1. The van der Waals surface area contributed by atoms with Crippen LogP contribution in [0.2, 0.25) is 0 Å². The molecule has 0 bridgehead atoms. The van der Waals surface area contributed by atoms with Crippen LogP contribution in [0.1, 0.15) is 13.3 Å². The third kappa shape index (κ3) is 8.20. The molecule has 0 amide bonds. The fourth-order valence-corrected chi connectivity index (χ4v) is 0.930. The van der Waals surface area contributed by atoms with Gasteiger partial charge >= 0.3 is 0 Å². The topological polar surface area (TPSA) is 3.24 Å². The molecule has 0 aromatic heterocycles. The second-order valence-corrected chi connectivity index (χ2v) is 4.29. The van der Waals surface area contributed by atoms with Crippen molar-refractivity contribution < 1.29 is 8.78 Å². The van der Waals surface area contributed by atoms with E-state index in [1.165, 1.54) is 0 Å². The molecule has 4 heteroatoms. The van der Waals surface area contributed by atoms with Crippen LogP contribution in [0, 0.1) is 0 Å². The second kappa shape index (κ2) is 5.89. The van der Waals surface area contributed by atoms with Gasteiger partial charge in [0.05, 0.1) is 6.54 Å². The van der Waals surface area contributed by atoms with Gasteiger partial charge in [0.2, 0.25) is 0 Å². The Morgan fingerprint density at radius 1 is 1.45 bits per heavy atom. The van der Waals surface area contributed by atoms with Crippen LogP contribution in [-0.2, 0) is 0 Å². The Morgan fingerprint density at radius 2 is 2.00 bits per heavy atom. The fraction of sp³-hybridized carbons (Fsp3) is 1.00. The molecule has 0 saturated carbocycles. The number of hydrogen-bond acceptors (Lipinski definition) is 1. The average Bonchev–Trinajstić information content (AvgIpc) is 1.82. The highest BCUT2D eigenvalue weighted by atomic mass is 79.9. The smallest absolute Gasteiger partial charge is 0.251 e. The van der Waals surface area contributed by atoms with Gasteiger partial charge < -0.3 is 4.90 Å². The molecule has 1 atom stereocenters. The Kier molecular flexibility index (Phi) is 6.05. The Hall–Kier alpha value is 0.300. The maximum Gasteiger partial charge on any atom is 0.251 e. The molecule has 0 aromatic carbocycles. The van der Waals surface area contributed by atoms with E-state index in [1.807, 2.05) is 6.92 Å². The summed E-state index contributed by atoms with van der Waals surface area (Å²) in [4.78, 5) is 2.05. The van der Waals surface area contributed by atoms with Gasteiger partial charge in [0, 0.05) is 4.83 Å². The summed E-state index contributed by atoms with van der Waals surface area (Å²) in [5.74, 6) is 0. The van der Waals surface area contributed by atoms with Crippen molar-refractivity contribution in [3.63, 3.8) is 0 Å². The summed E-state index contributed by atoms with van der Waals surface area (Å²) in [5, 5.41) is 0. The predicted molar refractivity (Wildman–Crippen MR) is 46.5 cm³/mol. The average molecular weight is 230 g/mol. The zero-order chi connectivity index (χ0) is 8.85. The van der Waals surface area contributed by atoms with E-state index in [1.54, 1.807) is 11.9 Å². The van der Waals surface area contributed by atoms with E-state index >= 15 is 0 Å². The van der Waals surface area contributed by atoms with Crippen molar-refractivity contribution in [2.24, 2.45) is 0 Å². The summed E-state index contributed by atoms with van der Waals surface area (Å²) in [6, 6.07) is 0. The van der Waals surface area contributed by atoms with Crippen LogP contribution in [0.25, 0.3) is 0 Å². The summed E-state index contributed by atoms with van der Waals surface area (Å²) in [6.45, 7) is 2.60. The Morgan fingerprint density at radius 3 is 2.36 bits per heavy atom. The highest BCUT2D eigenvalue weighted by Gasteiger charge is 2.07. The normalized spacial score (nSPS) is 14.5. The lowest BCUT2D eigenvalue weighted by Crippen LogP contribution is -2.26. The first-order chi connectivity index (χ1) is 5.02. The highest BCUT2D eigenvalue weighted by Crippen LogP contribution is 2.04. The van der Waals surface area contributed by atoms with Gasteiger partial charge in [-0.25, -0.2) is 8.78 Å². The van der Waals surface area contributed by atoms with Crippen molar-refractivity contribution in [1.82, 2.24) is 4.90 Å². The molecule has 0 N–H and O–H groups in total. The van der Waals surface area contributed by atoms with E-state index in [2.05, 4.69) is 15.9 Å². The molecule has 0 spiro atoms. The molecule has 0 aliphatic carbocycles. The largest absolute Gasteiger partial charge is 0.301 e. The van der Waals surface area contributed by atoms with E-state index in [0.29, 0.717) is 4.83 Å². The van der Waals surface area contributed by atoms with Crippen molar-refractivity contribution in [3.8, 4) is 0 Å². The van der Waals surface area contributed by atoms with Gasteiger partial charge in [-0.3, -0.25) is 0 Å². The van der Waals surface area contributed by atoms with Crippen LogP contribution in [0.5, 0.6) is 0 Å². The molecule has 0 fully saturated rings. The van der Waals surface area contributed by atoms with E-state index in [-0.39, 0.29) is 6.54 Å². The van der Waals surface area contributed by atoms with E-state index < -0.39 is 6.43 Å². The molecule has 0 radical (unpaired) electrons. The SMILES string of the molecule is CC(Br)CCN(C)CC(F)F. The van der Waals surface area contributed by atoms with Gasteiger partial charge in [0.1, 0.15) is 0 Å². The summed E-state index contributed by atoms with van der Waals surface area (Å²) in [7, 11) is 1.71. The molecule has 0 aliphatic heterocycles. The lowest BCUT2D eigenvalue weighted by molar-refractivity contribution is 0.1000. The second-order valence-electron chi connectivity index (χ2n) is 2.72. The van der Waals surface area contributed by atoms with Gasteiger partial charge in [-0.15, -0.1) is 0 Å². The van der Waals surface area contributed by atoms with Crippen LogP contribution in [-0.4, -0.2) is 36.3 Å². The van der Waals surface area contributed by atoms with Crippen molar-refractivity contribution in [1.29, 1.82) is 0 Å². The molecule has 0 heterocycles. The maximum atomic E-state index is 11.8. The highest BCUT2D eigenvalue weighted by molar-refractivity contribution is 9.09.